The fourth-order valence-electron chi connectivity index (χ4n) is 3.93. The van der Waals surface area contributed by atoms with Crippen LogP contribution in [0.3, 0.4) is 0 Å². The maximum atomic E-state index is 14.8. The first kappa shape index (κ1) is 20.4. The van der Waals surface area contributed by atoms with Crippen LogP contribution < -0.4 is 4.90 Å². The smallest absolute Gasteiger partial charge is 0.181 e. The van der Waals surface area contributed by atoms with Crippen molar-refractivity contribution in [1.29, 1.82) is 0 Å². The third kappa shape index (κ3) is 3.69. The van der Waals surface area contributed by atoms with E-state index in [1.165, 1.54) is 12.1 Å². The van der Waals surface area contributed by atoms with Gasteiger partial charge in [-0.3, -0.25) is 4.68 Å². The van der Waals surface area contributed by atoms with Crippen molar-refractivity contribution >= 4 is 17.0 Å². The molecule has 32 heavy (non-hydrogen) atoms. The lowest BCUT2D eigenvalue weighted by Crippen LogP contribution is -2.38. The van der Waals surface area contributed by atoms with Gasteiger partial charge < -0.3 is 9.64 Å². The second-order valence-corrected chi connectivity index (χ2v) is 7.97. The predicted octanol–water partition coefficient (Wildman–Crippen LogP) is 3.90. The molecule has 0 bridgehead atoms. The molecule has 0 radical (unpaired) electrons. The number of hydrogen-bond acceptors (Lipinski definition) is 6. The molecule has 0 N–H and O–H groups in total. The molecule has 9 heteroatoms. The quantitative estimate of drug-likeness (QED) is 0.485. The van der Waals surface area contributed by atoms with Crippen LogP contribution in [0.4, 0.5) is 14.6 Å². The monoisotopic (exact) mass is 436 g/mol. The molecule has 1 atom stereocenters. The minimum atomic E-state index is -0.654. The van der Waals surface area contributed by atoms with Crippen molar-refractivity contribution in [1.82, 2.24) is 24.7 Å². The first-order valence-electron chi connectivity index (χ1n) is 10.4. The van der Waals surface area contributed by atoms with Crippen LogP contribution in [0, 0.1) is 25.5 Å². The molecule has 3 aromatic heterocycles. The summed E-state index contributed by atoms with van der Waals surface area (Å²) in [7, 11) is 1.86. The van der Waals surface area contributed by atoms with E-state index in [4.69, 9.17) is 9.72 Å². The minimum Gasteiger partial charge on any atom is -0.370 e. The summed E-state index contributed by atoms with van der Waals surface area (Å²) in [6.45, 7) is 5.41. The SMILES string of the molecule is Cc1nc2nc(N3CCO[C@@H](c4cnn(C)c4)C3)cc(-c3ccc(F)cc3F)c2nc1C. The zero-order valence-corrected chi connectivity index (χ0v) is 18.0. The Morgan fingerprint density at radius 1 is 1.03 bits per heavy atom. The van der Waals surface area contributed by atoms with E-state index in [9.17, 15) is 8.78 Å². The van der Waals surface area contributed by atoms with Gasteiger partial charge in [0.1, 0.15) is 29.1 Å². The van der Waals surface area contributed by atoms with Gasteiger partial charge in [-0.25, -0.2) is 23.7 Å². The summed E-state index contributed by atoms with van der Waals surface area (Å²) in [6.07, 6.45) is 3.56. The van der Waals surface area contributed by atoms with E-state index in [1.54, 1.807) is 16.9 Å². The van der Waals surface area contributed by atoms with Gasteiger partial charge in [0.05, 0.1) is 24.2 Å². The second kappa shape index (κ2) is 7.90. The van der Waals surface area contributed by atoms with Gasteiger partial charge in [-0.2, -0.15) is 5.10 Å². The molecule has 1 saturated heterocycles. The number of fused-ring (bicyclic) bond motifs is 1. The van der Waals surface area contributed by atoms with Gasteiger partial charge in [0.15, 0.2) is 5.65 Å². The molecule has 0 aliphatic carbocycles. The maximum Gasteiger partial charge on any atom is 0.181 e. The van der Waals surface area contributed by atoms with Gasteiger partial charge in [0.2, 0.25) is 0 Å². The average Bonchev–Trinajstić information content (AvgIpc) is 3.21. The molecule has 0 saturated carbocycles. The lowest BCUT2D eigenvalue weighted by molar-refractivity contribution is 0.0395. The Morgan fingerprint density at radius 2 is 1.84 bits per heavy atom. The second-order valence-electron chi connectivity index (χ2n) is 7.97. The third-order valence-electron chi connectivity index (χ3n) is 5.75. The molecular weight excluding hydrogens is 414 g/mol. The summed E-state index contributed by atoms with van der Waals surface area (Å²) in [4.78, 5) is 16.1. The number of anilines is 1. The van der Waals surface area contributed by atoms with Crippen LogP contribution in [0.2, 0.25) is 0 Å². The first-order chi connectivity index (χ1) is 15.4. The third-order valence-corrected chi connectivity index (χ3v) is 5.75. The first-order valence-corrected chi connectivity index (χ1v) is 10.4. The molecule has 4 aromatic rings. The van der Waals surface area contributed by atoms with Crippen molar-refractivity contribution in [2.45, 2.75) is 20.0 Å². The van der Waals surface area contributed by atoms with Crippen molar-refractivity contribution in [3.8, 4) is 11.1 Å². The number of ether oxygens (including phenoxy) is 1. The molecule has 4 heterocycles. The summed E-state index contributed by atoms with van der Waals surface area (Å²) >= 11 is 0. The highest BCUT2D eigenvalue weighted by molar-refractivity contribution is 5.91. The zero-order chi connectivity index (χ0) is 22.4. The van der Waals surface area contributed by atoms with E-state index in [2.05, 4.69) is 20.0 Å². The highest BCUT2D eigenvalue weighted by atomic mass is 19.1. The summed E-state index contributed by atoms with van der Waals surface area (Å²) in [6, 6.07) is 5.35. The number of aryl methyl sites for hydroxylation is 3. The number of benzene rings is 1. The van der Waals surface area contributed by atoms with Gasteiger partial charge in [0.25, 0.3) is 0 Å². The van der Waals surface area contributed by atoms with Crippen molar-refractivity contribution in [3.05, 3.63) is 65.2 Å². The number of nitrogens with zero attached hydrogens (tertiary/aromatic N) is 6. The lowest BCUT2D eigenvalue weighted by atomic mass is 10.0. The van der Waals surface area contributed by atoms with E-state index in [0.29, 0.717) is 42.2 Å². The maximum absolute atomic E-state index is 14.8. The number of aromatic nitrogens is 5. The van der Waals surface area contributed by atoms with Gasteiger partial charge in [-0.05, 0) is 32.0 Å². The molecule has 1 aliphatic rings. The van der Waals surface area contributed by atoms with E-state index >= 15 is 0 Å². The topological polar surface area (TPSA) is 69.0 Å². The van der Waals surface area contributed by atoms with Crippen LogP contribution in [0.25, 0.3) is 22.3 Å². The standard InChI is InChI=1S/C23H22F2N6O/c1-13-14(2)28-23-22(27-13)18(17-5-4-16(24)8-19(17)25)9-21(29-23)31-6-7-32-20(12-31)15-10-26-30(3)11-15/h4-5,8-11,20H,6-7,12H2,1-3H3/t20-/m1/s1. The van der Waals surface area contributed by atoms with Crippen LogP contribution in [0.5, 0.6) is 0 Å². The molecule has 0 unspecified atom stereocenters. The van der Waals surface area contributed by atoms with Crippen LogP contribution in [0.1, 0.15) is 23.1 Å². The Balaban J connectivity index is 1.62. The number of morpholine rings is 1. The number of halogens is 2. The van der Waals surface area contributed by atoms with Crippen LogP contribution in [-0.4, -0.2) is 44.4 Å². The Hall–Kier alpha value is -3.46. The van der Waals surface area contributed by atoms with Gasteiger partial charge >= 0.3 is 0 Å². The Morgan fingerprint density at radius 3 is 2.59 bits per heavy atom. The average molecular weight is 436 g/mol. The summed E-state index contributed by atoms with van der Waals surface area (Å²) in [5, 5.41) is 4.23. The molecule has 1 fully saturated rings. The highest BCUT2D eigenvalue weighted by Crippen LogP contribution is 2.34. The number of hydrogen-bond donors (Lipinski definition) is 0. The van der Waals surface area contributed by atoms with E-state index in [-0.39, 0.29) is 11.7 Å². The van der Waals surface area contributed by atoms with E-state index in [0.717, 1.165) is 23.0 Å². The normalized spacial score (nSPS) is 16.7. The van der Waals surface area contributed by atoms with Crippen LogP contribution in [0.15, 0.2) is 36.7 Å². The molecular formula is C23H22F2N6O. The fourth-order valence-corrected chi connectivity index (χ4v) is 3.93. The highest BCUT2D eigenvalue weighted by Gasteiger charge is 2.26. The zero-order valence-electron chi connectivity index (χ0n) is 18.0. The van der Waals surface area contributed by atoms with Crippen molar-refractivity contribution in [2.75, 3.05) is 24.6 Å². The van der Waals surface area contributed by atoms with Crippen LogP contribution >= 0.6 is 0 Å². The van der Waals surface area contributed by atoms with Crippen molar-refractivity contribution in [2.24, 2.45) is 7.05 Å². The molecule has 7 nitrogen and oxygen atoms in total. The van der Waals surface area contributed by atoms with Crippen molar-refractivity contribution < 1.29 is 13.5 Å². The van der Waals surface area contributed by atoms with E-state index in [1.807, 2.05) is 27.1 Å². The minimum absolute atomic E-state index is 0.160. The Bertz CT molecular complexity index is 1320. The van der Waals surface area contributed by atoms with Gasteiger partial charge in [-0.15, -0.1) is 0 Å². The van der Waals surface area contributed by atoms with Gasteiger partial charge in [0, 0.05) is 49.1 Å². The molecule has 1 aliphatic heterocycles. The summed E-state index contributed by atoms with van der Waals surface area (Å²) in [5.41, 5.74) is 4.17. The molecule has 1 aromatic carbocycles. The Labute approximate surface area is 183 Å². The fraction of sp³-hybridized carbons (Fsp3) is 0.304. The summed E-state index contributed by atoms with van der Waals surface area (Å²) < 4.78 is 36.0. The predicted molar refractivity (Wildman–Crippen MR) is 116 cm³/mol. The van der Waals surface area contributed by atoms with Crippen LogP contribution in [-0.2, 0) is 11.8 Å². The molecule has 164 valence electrons. The lowest BCUT2D eigenvalue weighted by Gasteiger charge is -2.33. The molecule has 5 rings (SSSR count). The summed E-state index contributed by atoms with van der Waals surface area (Å²) in [5.74, 6) is -0.639. The van der Waals surface area contributed by atoms with Gasteiger partial charge in [-0.1, -0.05) is 0 Å². The number of pyridine rings is 1. The van der Waals surface area contributed by atoms with E-state index < -0.39 is 11.6 Å². The molecule has 0 amide bonds. The Kier molecular flexibility index (Phi) is 5.05. The largest absolute Gasteiger partial charge is 0.370 e. The van der Waals surface area contributed by atoms with Crippen molar-refractivity contribution in [3.63, 3.8) is 0 Å². The number of rotatable bonds is 3. The molecule has 0 spiro atoms.